The highest BCUT2D eigenvalue weighted by molar-refractivity contribution is 7.92. The maximum Gasteiger partial charge on any atom is 0.255 e. The van der Waals surface area contributed by atoms with Crippen molar-refractivity contribution >= 4 is 38.9 Å². The Morgan fingerprint density at radius 1 is 1.16 bits per heavy atom. The monoisotopic (exact) mass is 382 g/mol. The molecule has 0 unspecified atom stereocenters. The van der Waals surface area contributed by atoms with E-state index in [0.29, 0.717) is 29.9 Å². The fourth-order valence-corrected chi connectivity index (χ4v) is 4.47. The van der Waals surface area contributed by atoms with Crippen LogP contribution in [0.25, 0.3) is 0 Å². The summed E-state index contributed by atoms with van der Waals surface area (Å²) in [6, 6.07) is 10.3. The molecule has 0 aliphatic carbocycles. The van der Waals surface area contributed by atoms with E-state index in [4.69, 9.17) is 11.6 Å². The van der Waals surface area contributed by atoms with Crippen LogP contribution in [0.4, 0.5) is 15.8 Å². The van der Waals surface area contributed by atoms with E-state index in [1.807, 2.05) is 0 Å². The van der Waals surface area contributed by atoms with Gasteiger partial charge in [-0.05, 0) is 49.2 Å². The van der Waals surface area contributed by atoms with Crippen molar-refractivity contribution < 1.29 is 17.6 Å². The van der Waals surface area contributed by atoms with Crippen molar-refractivity contribution in [1.82, 2.24) is 0 Å². The molecule has 25 heavy (non-hydrogen) atoms. The van der Waals surface area contributed by atoms with Crippen molar-refractivity contribution in [3.8, 4) is 0 Å². The van der Waals surface area contributed by atoms with Gasteiger partial charge in [0.25, 0.3) is 5.91 Å². The Kier molecular flexibility index (Phi) is 4.96. The van der Waals surface area contributed by atoms with Gasteiger partial charge in [-0.25, -0.2) is 12.8 Å². The minimum atomic E-state index is -3.35. The third-order valence-corrected chi connectivity index (χ3v) is 6.08. The van der Waals surface area contributed by atoms with Gasteiger partial charge >= 0.3 is 0 Å². The van der Waals surface area contributed by atoms with Crippen molar-refractivity contribution in [2.45, 2.75) is 12.8 Å². The van der Waals surface area contributed by atoms with Crippen molar-refractivity contribution in [1.29, 1.82) is 0 Å². The number of amides is 1. The van der Waals surface area contributed by atoms with E-state index in [2.05, 4.69) is 5.32 Å². The highest BCUT2D eigenvalue weighted by atomic mass is 35.5. The molecule has 0 spiro atoms. The molecular formula is C17H16ClFN2O3S. The first kappa shape index (κ1) is 17.7. The van der Waals surface area contributed by atoms with Gasteiger partial charge in [0.15, 0.2) is 0 Å². The first-order valence-electron chi connectivity index (χ1n) is 7.74. The van der Waals surface area contributed by atoms with E-state index in [9.17, 15) is 17.6 Å². The number of carbonyl (C=O) groups is 1. The minimum Gasteiger partial charge on any atom is -0.322 e. The summed E-state index contributed by atoms with van der Waals surface area (Å²) in [6.07, 6.45) is 1.42. The van der Waals surface area contributed by atoms with E-state index in [1.165, 1.54) is 22.5 Å². The van der Waals surface area contributed by atoms with Gasteiger partial charge in [0.1, 0.15) is 5.82 Å². The summed E-state index contributed by atoms with van der Waals surface area (Å²) in [5.41, 5.74) is 1.12. The Bertz CT molecular complexity index is 918. The molecule has 1 aliphatic heterocycles. The normalized spacial score (nSPS) is 16.5. The molecule has 132 valence electrons. The van der Waals surface area contributed by atoms with Crippen LogP contribution in [-0.2, 0) is 10.0 Å². The molecule has 1 heterocycles. The number of rotatable bonds is 3. The Morgan fingerprint density at radius 3 is 2.68 bits per heavy atom. The molecule has 2 aromatic rings. The standard InChI is InChI=1S/C17H16ClFN2O3S/c18-15-11-13(6-7-16(15)19)20-17(22)12-4-3-5-14(10-12)21-8-1-2-9-25(21,23)24/h3-7,10-11H,1-2,8-9H2,(H,20,22). The first-order valence-corrected chi connectivity index (χ1v) is 9.72. The molecule has 5 nitrogen and oxygen atoms in total. The summed E-state index contributed by atoms with van der Waals surface area (Å²) >= 11 is 5.70. The van der Waals surface area contributed by atoms with E-state index in [0.717, 1.165) is 12.5 Å². The van der Waals surface area contributed by atoms with Crippen LogP contribution >= 0.6 is 11.6 Å². The van der Waals surface area contributed by atoms with Crippen molar-refractivity contribution in [2.75, 3.05) is 21.9 Å². The van der Waals surface area contributed by atoms with Crippen molar-refractivity contribution in [3.05, 3.63) is 58.9 Å². The Balaban J connectivity index is 1.83. The fourth-order valence-electron chi connectivity index (χ4n) is 2.66. The maximum absolute atomic E-state index is 13.2. The number of halogens is 2. The molecule has 1 amide bonds. The summed E-state index contributed by atoms with van der Waals surface area (Å²) in [4.78, 5) is 12.4. The van der Waals surface area contributed by atoms with Crippen LogP contribution in [0, 0.1) is 5.82 Å². The quantitative estimate of drug-likeness (QED) is 0.880. The van der Waals surface area contributed by atoms with Crippen LogP contribution in [0.5, 0.6) is 0 Å². The van der Waals surface area contributed by atoms with Gasteiger partial charge in [0, 0.05) is 17.8 Å². The SMILES string of the molecule is O=C(Nc1ccc(F)c(Cl)c1)c1cccc(N2CCCCS2(=O)=O)c1. The van der Waals surface area contributed by atoms with E-state index < -0.39 is 21.7 Å². The zero-order valence-electron chi connectivity index (χ0n) is 13.2. The molecule has 1 aliphatic rings. The molecule has 0 aromatic heterocycles. The summed E-state index contributed by atoms with van der Waals surface area (Å²) in [6.45, 7) is 0.404. The summed E-state index contributed by atoms with van der Waals surface area (Å²) in [5, 5.41) is 2.53. The number of hydrogen-bond acceptors (Lipinski definition) is 3. The van der Waals surface area contributed by atoms with E-state index in [1.54, 1.807) is 18.2 Å². The first-order chi connectivity index (χ1) is 11.9. The van der Waals surface area contributed by atoms with Crippen molar-refractivity contribution in [3.63, 3.8) is 0 Å². The van der Waals surface area contributed by atoms with Crippen LogP contribution in [-0.4, -0.2) is 26.6 Å². The zero-order valence-corrected chi connectivity index (χ0v) is 14.8. The number of carbonyl (C=O) groups excluding carboxylic acids is 1. The molecule has 8 heteroatoms. The Hall–Kier alpha value is -2.12. The average molecular weight is 383 g/mol. The van der Waals surface area contributed by atoms with E-state index >= 15 is 0 Å². The molecule has 0 saturated carbocycles. The summed E-state index contributed by atoms with van der Waals surface area (Å²) < 4.78 is 38.9. The van der Waals surface area contributed by atoms with Crippen LogP contribution in [0.2, 0.25) is 5.02 Å². The lowest BCUT2D eigenvalue weighted by atomic mass is 10.1. The number of hydrogen-bond donors (Lipinski definition) is 1. The second-order valence-corrected chi connectivity index (χ2v) is 8.15. The molecule has 0 radical (unpaired) electrons. The number of anilines is 2. The van der Waals surface area contributed by atoms with Crippen LogP contribution in [0.1, 0.15) is 23.2 Å². The molecule has 1 N–H and O–H groups in total. The number of nitrogens with zero attached hydrogens (tertiary/aromatic N) is 1. The van der Waals surface area contributed by atoms with Gasteiger partial charge in [-0.1, -0.05) is 17.7 Å². The predicted molar refractivity (Wildman–Crippen MR) is 96.2 cm³/mol. The lowest BCUT2D eigenvalue weighted by molar-refractivity contribution is 0.102. The van der Waals surface area contributed by atoms with Gasteiger partial charge in [-0.3, -0.25) is 9.10 Å². The van der Waals surface area contributed by atoms with Crippen LogP contribution in [0.3, 0.4) is 0 Å². The topological polar surface area (TPSA) is 66.5 Å². The third-order valence-electron chi connectivity index (χ3n) is 3.92. The Morgan fingerprint density at radius 2 is 1.96 bits per heavy atom. The Labute approximate surface area is 150 Å². The average Bonchev–Trinajstić information content (AvgIpc) is 2.58. The smallest absolute Gasteiger partial charge is 0.255 e. The predicted octanol–water partition coefficient (Wildman–Crippen LogP) is 3.66. The second kappa shape index (κ2) is 7.01. The molecule has 0 bridgehead atoms. The van der Waals surface area contributed by atoms with Crippen LogP contribution < -0.4 is 9.62 Å². The molecular weight excluding hydrogens is 367 g/mol. The fraction of sp³-hybridized carbons (Fsp3) is 0.235. The van der Waals surface area contributed by atoms with E-state index in [-0.39, 0.29) is 10.8 Å². The third kappa shape index (κ3) is 3.93. The minimum absolute atomic E-state index is 0.0917. The summed E-state index contributed by atoms with van der Waals surface area (Å²) in [7, 11) is -3.35. The second-order valence-electron chi connectivity index (χ2n) is 5.73. The molecule has 0 atom stereocenters. The van der Waals surface area contributed by atoms with Gasteiger partial charge in [0.05, 0.1) is 16.5 Å². The van der Waals surface area contributed by atoms with Gasteiger partial charge in [-0.15, -0.1) is 0 Å². The molecule has 3 rings (SSSR count). The molecule has 1 fully saturated rings. The van der Waals surface area contributed by atoms with Gasteiger partial charge in [0.2, 0.25) is 10.0 Å². The molecule has 2 aromatic carbocycles. The zero-order chi connectivity index (χ0) is 18.0. The largest absolute Gasteiger partial charge is 0.322 e. The summed E-state index contributed by atoms with van der Waals surface area (Å²) in [5.74, 6) is -0.895. The van der Waals surface area contributed by atoms with Gasteiger partial charge < -0.3 is 5.32 Å². The maximum atomic E-state index is 13.2. The highest BCUT2D eigenvalue weighted by Crippen LogP contribution is 2.25. The highest BCUT2D eigenvalue weighted by Gasteiger charge is 2.26. The van der Waals surface area contributed by atoms with Crippen LogP contribution in [0.15, 0.2) is 42.5 Å². The number of benzene rings is 2. The molecule has 1 saturated heterocycles. The lowest BCUT2D eigenvalue weighted by Gasteiger charge is -2.28. The van der Waals surface area contributed by atoms with Crippen molar-refractivity contribution in [2.24, 2.45) is 0 Å². The lowest BCUT2D eigenvalue weighted by Crippen LogP contribution is -2.37. The van der Waals surface area contributed by atoms with Gasteiger partial charge in [-0.2, -0.15) is 0 Å². The number of sulfonamides is 1. The number of nitrogens with one attached hydrogen (secondary N) is 1.